The molecule has 1 amide bonds. The highest BCUT2D eigenvalue weighted by Crippen LogP contribution is 2.25. The number of carbonyl (C=O) groups excluding carboxylic acids is 1. The molecule has 7 heteroatoms. The number of halogens is 2. The molecule has 28 heavy (non-hydrogen) atoms. The van der Waals surface area contributed by atoms with Crippen LogP contribution in [0.25, 0.3) is 10.9 Å². The summed E-state index contributed by atoms with van der Waals surface area (Å²) in [6.07, 6.45) is 0. The molecular formula is C21H14Cl2N4O. The van der Waals surface area contributed by atoms with Crippen LogP contribution in [-0.2, 0) is 0 Å². The van der Waals surface area contributed by atoms with Crippen molar-refractivity contribution in [2.24, 2.45) is 0 Å². The third-order valence-corrected chi connectivity index (χ3v) is 4.48. The molecule has 0 aliphatic rings. The topological polar surface area (TPSA) is 66.9 Å². The Bertz CT molecular complexity index is 1160. The Morgan fingerprint density at radius 3 is 2.36 bits per heavy atom. The molecule has 5 nitrogen and oxygen atoms in total. The van der Waals surface area contributed by atoms with Gasteiger partial charge in [0.1, 0.15) is 5.82 Å². The minimum atomic E-state index is -0.424. The highest BCUT2D eigenvalue weighted by molar-refractivity contribution is 6.31. The fourth-order valence-corrected chi connectivity index (χ4v) is 3.01. The van der Waals surface area contributed by atoms with Gasteiger partial charge in [-0.05, 0) is 54.6 Å². The first kappa shape index (κ1) is 18.2. The lowest BCUT2D eigenvalue weighted by molar-refractivity contribution is 0.101. The molecule has 0 radical (unpaired) electrons. The summed E-state index contributed by atoms with van der Waals surface area (Å²) in [6, 6.07) is 21.6. The van der Waals surface area contributed by atoms with Crippen LogP contribution in [0.15, 0.2) is 72.8 Å². The number of carbonyl (C=O) groups is 1. The van der Waals surface area contributed by atoms with Crippen molar-refractivity contribution in [2.45, 2.75) is 0 Å². The molecule has 4 aromatic rings. The third-order valence-electron chi connectivity index (χ3n) is 4.00. The Morgan fingerprint density at radius 2 is 1.57 bits per heavy atom. The largest absolute Gasteiger partial charge is 0.340 e. The van der Waals surface area contributed by atoms with Gasteiger partial charge in [-0.1, -0.05) is 41.4 Å². The van der Waals surface area contributed by atoms with E-state index < -0.39 is 5.91 Å². The van der Waals surface area contributed by atoms with E-state index in [0.29, 0.717) is 27.1 Å². The molecule has 1 heterocycles. The highest BCUT2D eigenvalue weighted by Gasteiger charge is 2.14. The second kappa shape index (κ2) is 7.84. The van der Waals surface area contributed by atoms with Crippen LogP contribution in [0.3, 0.4) is 0 Å². The second-order valence-electron chi connectivity index (χ2n) is 6.01. The van der Waals surface area contributed by atoms with E-state index in [2.05, 4.69) is 20.6 Å². The quantitative estimate of drug-likeness (QED) is 0.438. The molecule has 0 saturated carbocycles. The van der Waals surface area contributed by atoms with E-state index in [-0.39, 0.29) is 5.82 Å². The fourth-order valence-electron chi connectivity index (χ4n) is 2.70. The molecule has 3 aromatic carbocycles. The Hall–Kier alpha value is -3.15. The lowest BCUT2D eigenvalue weighted by Crippen LogP contribution is -2.16. The van der Waals surface area contributed by atoms with E-state index >= 15 is 0 Å². The van der Waals surface area contributed by atoms with Crippen LogP contribution in [-0.4, -0.2) is 15.9 Å². The average Bonchev–Trinajstić information content (AvgIpc) is 2.69. The average molecular weight is 409 g/mol. The number of anilines is 3. The van der Waals surface area contributed by atoms with Gasteiger partial charge < -0.3 is 10.6 Å². The first-order chi connectivity index (χ1) is 13.6. The van der Waals surface area contributed by atoms with Crippen molar-refractivity contribution in [2.75, 3.05) is 10.6 Å². The van der Waals surface area contributed by atoms with Crippen LogP contribution >= 0.6 is 23.2 Å². The molecule has 1 aromatic heterocycles. The third kappa shape index (κ3) is 4.06. The lowest BCUT2D eigenvalue weighted by Gasteiger charge is -2.11. The molecule has 0 spiro atoms. The van der Waals surface area contributed by atoms with E-state index in [1.54, 1.807) is 36.4 Å². The van der Waals surface area contributed by atoms with Gasteiger partial charge in [0.25, 0.3) is 5.91 Å². The predicted octanol–water partition coefficient (Wildman–Crippen LogP) is 5.93. The fraction of sp³-hybridized carbons (Fsp3) is 0. The van der Waals surface area contributed by atoms with E-state index in [9.17, 15) is 4.79 Å². The molecule has 2 N–H and O–H groups in total. The van der Waals surface area contributed by atoms with Crippen molar-refractivity contribution in [3.63, 3.8) is 0 Å². The first-order valence-electron chi connectivity index (χ1n) is 8.45. The smallest absolute Gasteiger partial charge is 0.293 e. The van der Waals surface area contributed by atoms with Crippen molar-refractivity contribution < 1.29 is 4.79 Å². The lowest BCUT2D eigenvalue weighted by atomic mass is 10.2. The van der Waals surface area contributed by atoms with Crippen LogP contribution in [0.5, 0.6) is 0 Å². The SMILES string of the molecule is O=C(Nc1cccc(Cl)c1)c1nc(Nc2ccc(Cl)cc2)c2ccccc2n1. The Kier molecular flexibility index (Phi) is 5.10. The van der Waals surface area contributed by atoms with Crippen molar-refractivity contribution in [3.05, 3.63) is 88.7 Å². The van der Waals surface area contributed by atoms with Gasteiger partial charge in [-0.25, -0.2) is 9.97 Å². The van der Waals surface area contributed by atoms with Crippen LogP contribution in [0.4, 0.5) is 17.2 Å². The molecule has 4 rings (SSSR count). The van der Waals surface area contributed by atoms with Gasteiger partial charge >= 0.3 is 0 Å². The summed E-state index contributed by atoms with van der Waals surface area (Å²) in [5.41, 5.74) is 2.03. The monoisotopic (exact) mass is 408 g/mol. The number of rotatable bonds is 4. The maximum Gasteiger partial charge on any atom is 0.293 e. The Labute approximate surface area is 171 Å². The maximum atomic E-state index is 12.7. The summed E-state index contributed by atoms with van der Waals surface area (Å²) >= 11 is 11.9. The molecule has 138 valence electrons. The van der Waals surface area contributed by atoms with E-state index in [4.69, 9.17) is 23.2 Å². The first-order valence-corrected chi connectivity index (χ1v) is 9.20. The molecule has 0 atom stereocenters. The molecule has 0 unspecified atom stereocenters. The zero-order valence-electron chi connectivity index (χ0n) is 14.5. The number of hydrogen-bond donors (Lipinski definition) is 2. The van der Waals surface area contributed by atoms with Gasteiger partial charge in [-0.3, -0.25) is 4.79 Å². The standard InChI is InChI=1S/C21H14Cl2N4O/c22-13-8-10-15(11-9-13)24-19-17-6-1-2-7-18(17)26-20(27-19)21(28)25-16-5-3-4-14(23)12-16/h1-12H,(H,25,28)(H,24,26,27). The van der Waals surface area contributed by atoms with Crippen LogP contribution in [0.2, 0.25) is 10.0 Å². The van der Waals surface area contributed by atoms with Crippen LogP contribution in [0.1, 0.15) is 10.6 Å². The second-order valence-corrected chi connectivity index (χ2v) is 6.88. The highest BCUT2D eigenvalue weighted by atomic mass is 35.5. The summed E-state index contributed by atoms with van der Waals surface area (Å²) in [6.45, 7) is 0. The van der Waals surface area contributed by atoms with E-state index in [0.717, 1.165) is 11.1 Å². The summed E-state index contributed by atoms with van der Waals surface area (Å²) in [7, 11) is 0. The Balaban J connectivity index is 1.70. The van der Waals surface area contributed by atoms with Crippen LogP contribution < -0.4 is 10.6 Å². The number of fused-ring (bicyclic) bond motifs is 1. The predicted molar refractivity (Wildman–Crippen MR) is 114 cm³/mol. The van der Waals surface area contributed by atoms with Crippen LogP contribution in [0, 0.1) is 0 Å². The Morgan fingerprint density at radius 1 is 0.786 bits per heavy atom. The number of nitrogens with one attached hydrogen (secondary N) is 2. The van der Waals surface area contributed by atoms with Gasteiger partial charge in [0.2, 0.25) is 5.82 Å². The summed E-state index contributed by atoms with van der Waals surface area (Å²) < 4.78 is 0. The van der Waals surface area contributed by atoms with Gasteiger partial charge in [0, 0.05) is 26.8 Å². The number of amides is 1. The normalized spacial score (nSPS) is 10.6. The molecule has 0 saturated heterocycles. The van der Waals surface area contributed by atoms with Gasteiger partial charge in [-0.2, -0.15) is 0 Å². The minimum Gasteiger partial charge on any atom is -0.340 e. The minimum absolute atomic E-state index is 0.0511. The van der Waals surface area contributed by atoms with Crippen molar-refractivity contribution in [1.29, 1.82) is 0 Å². The number of para-hydroxylation sites is 1. The van der Waals surface area contributed by atoms with E-state index in [1.807, 2.05) is 36.4 Å². The summed E-state index contributed by atoms with van der Waals surface area (Å²) in [5, 5.41) is 7.97. The zero-order valence-corrected chi connectivity index (χ0v) is 16.0. The number of benzene rings is 3. The van der Waals surface area contributed by atoms with E-state index in [1.165, 1.54) is 0 Å². The van der Waals surface area contributed by atoms with Gasteiger partial charge in [0.15, 0.2) is 0 Å². The van der Waals surface area contributed by atoms with Gasteiger partial charge in [-0.15, -0.1) is 0 Å². The number of nitrogens with zero attached hydrogens (tertiary/aromatic N) is 2. The summed E-state index contributed by atoms with van der Waals surface area (Å²) in [5.74, 6) is 0.159. The van der Waals surface area contributed by atoms with Crippen molar-refractivity contribution >= 4 is 57.2 Å². The van der Waals surface area contributed by atoms with Gasteiger partial charge in [0.05, 0.1) is 5.52 Å². The number of hydrogen-bond acceptors (Lipinski definition) is 4. The van der Waals surface area contributed by atoms with Crippen molar-refractivity contribution in [3.8, 4) is 0 Å². The number of aromatic nitrogens is 2. The maximum absolute atomic E-state index is 12.7. The molecule has 0 bridgehead atoms. The zero-order chi connectivity index (χ0) is 19.5. The molecule has 0 aliphatic heterocycles. The molecule has 0 aliphatic carbocycles. The summed E-state index contributed by atoms with van der Waals surface area (Å²) in [4.78, 5) is 21.5. The molecular weight excluding hydrogens is 395 g/mol. The van der Waals surface area contributed by atoms with Crippen molar-refractivity contribution in [1.82, 2.24) is 9.97 Å². The molecule has 0 fully saturated rings.